The van der Waals surface area contributed by atoms with Gasteiger partial charge in [-0.1, -0.05) is 39.0 Å². The van der Waals surface area contributed by atoms with Crippen LogP contribution in [0.1, 0.15) is 58.8 Å². The summed E-state index contributed by atoms with van der Waals surface area (Å²) in [5.74, 6) is -0.0143. The van der Waals surface area contributed by atoms with Crippen LogP contribution in [0.4, 0.5) is 0 Å². The molecule has 0 saturated heterocycles. The van der Waals surface area contributed by atoms with Gasteiger partial charge in [-0.2, -0.15) is 5.10 Å². The molecule has 0 aromatic rings. The van der Waals surface area contributed by atoms with Crippen molar-refractivity contribution in [1.29, 1.82) is 0 Å². The maximum absolute atomic E-state index is 11.5. The highest BCUT2D eigenvalue weighted by Gasteiger charge is 2.02. The molecule has 1 amide bonds. The number of thiocarbonyl (C=S) groups is 1. The molecule has 0 atom stereocenters. The minimum atomic E-state index is -0.0143. The van der Waals surface area contributed by atoms with Crippen molar-refractivity contribution in [1.82, 2.24) is 10.7 Å². The van der Waals surface area contributed by atoms with Gasteiger partial charge < -0.3 is 11.1 Å². The predicted molar refractivity (Wildman–Crippen MR) is 84.0 cm³/mol. The van der Waals surface area contributed by atoms with Gasteiger partial charge in [0.1, 0.15) is 0 Å². The zero-order valence-electron chi connectivity index (χ0n) is 12.0. The molecule has 0 aromatic carbocycles. The van der Waals surface area contributed by atoms with Crippen LogP contribution < -0.4 is 16.5 Å². The monoisotopic (exact) mass is 286 g/mol. The summed E-state index contributed by atoms with van der Waals surface area (Å²) >= 11 is 4.62. The van der Waals surface area contributed by atoms with Gasteiger partial charge >= 0.3 is 0 Å². The third kappa shape index (κ3) is 13.1. The highest BCUT2D eigenvalue weighted by Crippen LogP contribution is 2.04. The van der Waals surface area contributed by atoms with Crippen molar-refractivity contribution in [2.75, 3.05) is 6.54 Å². The molecule has 0 unspecified atom stereocenters. The highest BCUT2D eigenvalue weighted by atomic mass is 32.1. The Morgan fingerprint density at radius 2 is 1.84 bits per heavy atom. The Labute approximate surface area is 121 Å². The summed E-state index contributed by atoms with van der Waals surface area (Å²) in [6.45, 7) is 4.70. The molecule has 0 radical (unpaired) electrons. The molecular weight excluding hydrogens is 260 g/mol. The van der Waals surface area contributed by atoms with Crippen LogP contribution in [0.25, 0.3) is 0 Å². The third-order valence-electron chi connectivity index (χ3n) is 2.63. The van der Waals surface area contributed by atoms with E-state index < -0.39 is 0 Å². The predicted octanol–water partition coefficient (Wildman–Crippen LogP) is 2.06. The van der Waals surface area contributed by atoms with E-state index in [-0.39, 0.29) is 17.4 Å². The Morgan fingerprint density at radius 1 is 1.21 bits per heavy atom. The van der Waals surface area contributed by atoms with Crippen molar-refractivity contribution in [2.24, 2.45) is 10.8 Å². The van der Waals surface area contributed by atoms with Crippen molar-refractivity contribution < 1.29 is 4.79 Å². The molecule has 5 nitrogen and oxygen atoms in total. The Kier molecular flexibility index (Phi) is 11.2. The van der Waals surface area contributed by atoms with Crippen LogP contribution >= 0.6 is 12.2 Å². The molecule has 4 N–H and O–H groups in total. The first-order valence-electron chi connectivity index (χ1n) is 6.91. The second-order valence-corrected chi connectivity index (χ2v) is 5.06. The topological polar surface area (TPSA) is 79.5 Å². The van der Waals surface area contributed by atoms with Crippen molar-refractivity contribution in [3.05, 3.63) is 0 Å². The summed E-state index contributed by atoms with van der Waals surface area (Å²) in [5.41, 5.74) is 8.36. The molecule has 0 spiro atoms. The zero-order valence-corrected chi connectivity index (χ0v) is 12.8. The summed E-state index contributed by atoms with van der Waals surface area (Å²) in [4.78, 5) is 11.5. The summed E-state index contributed by atoms with van der Waals surface area (Å²) in [6, 6.07) is 0. The number of amides is 1. The molecule has 0 bridgehead atoms. The number of rotatable bonds is 10. The fourth-order valence-corrected chi connectivity index (χ4v) is 1.66. The number of carbonyl (C=O) groups excluding carboxylic acids is 1. The summed E-state index contributed by atoms with van der Waals surface area (Å²) in [5, 5.41) is 6.87. The van der Waals surface area contributed by atoms with Gasteiger partial charge in [-0.25, -0.2) is 0 Å². The molecular formula is C13H26N4OS. The second-order valence-electron chi connectivity index (χ2n) is 4.62. The van der Waals surface area contributed by atoms with Gasteiger partial charge in [-0.05, 0) is 25.6 Å². The van der Waals surface area contributed by atoms with E-state index in [1.165, 1.54) is 32.1 Å². The molecule has 0 rings (SSSR count). The minimum Gasteiger partial charge on any atom is -0.375 e. The van der Waals surface area contributed by atoms with Gasteiger partial charge in [0.25, 0.3) is 0 Å². The van der Waals surface area contributed by atoms with Crippen molar-refractivity contribution in [3.63, 3.8) is 0 Å². The van der Waals surface area contributed by atoms with E-state index >= 15 is 0 Å². The number of nitrogens with one attached hydrogen (secondary N) is 2. The first-order valence-corrected chi connectivity index (χ1v) is 7.32. The lowest BCUT2D eigenvalue weighted by atomic mass is 10.1. The van der Waals surface area contributed by atoms with Crippen LogP contribution in [0.2, 0.25) is 0 Å². The third-order valence-corrected chi connectivity index (χ3v) is 2.72. The van der Waals surface area contributed by atoms with E-state index in [1.807, 2.05) is 0 Å². The largest absolute Gasteiger partial charge is 0.375 e. The second kappa shape index (κ2) is 11.9. The Hall–Kier alpha value is -1.17. The van der Waals surface area contributed by atoms with Gasteiger partial charge in [0.15, 0.2) is 5.11 Å². The van der Waals surface area contributed by atoms with Crippen molar-refractivity contribution >= 4 is 28.9 Å². The molecule has 0 heterocycles. The van der Waals surface area contributed by atoms with E-state index in [1.54, 1.807) is 6.92 Å². The lowest BCUT2D eigenvalue weighted by molar-refractivity contribution is -0.119. The zero-order chi connectivity index (χ0) is 14.5. The van der Waals surface area contributed by atoms with E-state index in [0.717, 1.165) is 13.0 Å². The van der Waals surface area contributed by atoms with E-state index in [0.29, 0.717) is 5.71 Å². The molecule has 0 saturated carbocycles. The van der Waals surface area contributed by atoms with Gasteiger partial charge in [0.05, 0.1) is 6.42 Å². The number of nitrogens with zero attached hydrogens (tertiary/aromatic N) is 1. The smallest absolute Gasteiger partial charge is 0.225 e. The fraction of sp³-hybridized carbons (Fsp3) is 0.769. The van der Waals surface area contributed by atoms with Crippen LogP contribution in [0.15, 0.2) is 5.10 Å². The summed E-state index contributed by atoms with van der Waals surface area (Å²) in [6.07, 6.45) is 7.59. The minimum absolute atomic E-state index is 0.0143. The molecule has 0 aromatic heterocycles. The quantitative estimate of drug-likeness (QED) is 0.248. The Balaban J connectivity index is 3.53. The Bertz CT molecular complexity index is 305. The highest BCUT2D eigenvalue weighted by molar-refractivity contribution is 7.80. The standard InChI is InChI=1S/C13H26N4OS/c1-3-4-5-6-7-8-9-15-12(18)10-11(2)16-17-13(14)19/h3-10H2,1-2H3,(H,15,18)(H3,14,17,19)/b16-11-. The molecule has 0 aliphatic carbocycles. The van der Waals surface area contributed by atoms with Crippen molar-refractivity contribution in [3.8, 4) is 0 Å². The van der Waals surface area contributed by atoms with Crippen molar-refractivity contribution in [2.45, 2.75) is 58.8 Å². The van der Waals surface area contributed by atoms with Crippen LogP contribution in [0, 0.1) is 0 Å². The number of carbonyl (C=O) groups is 1. The Morgan fingerprint density at radius 3 is 2.47 bits per heavy atom. The normalized spacial score (nSPS) is 11.2. The average molecular weight is 286 g/mol. The number of nitrogens with two attached hydrogens (primary N) is 1. The maximum Gasteiger partial charge on any atom is 0.225 e. The van der Waals surface area contributed by atoms with E-state index in [4.69, 9.17) is 5.73 Å². The molecule has 0 aliphatic heterocycles. The van der Waals surface area contributed by atoms with E-state index in [2.05, 4.69) is 35.0 Å². The molecule has 6 heteroatoms. The number of hydrazone groups is 1. The average Bonchev–Trinajstić information content (AvgIpc) is 2.35. The molecule has 110 valence electrons. The lowest BCUT2D eigenvalue weighted by Gasteiger charge is -2.05. The fourth-order valence-electron chi connectivity index (χ4n) is 1.62. The van der Waals surface area contributed by atoms with Gasteiger partial charge in [0, 0.05) is 12.3 Å². The molecule has 0 aliphatic rings. The van der Waals surface area contributed by atoms with Gasteiger partial charge in [0.2, 0.25) is 5.91 Å². The first-order chi connectivity index (χ1) is 9.06. The van der Waals surface area contributed by atoms with Gasteiger partial charge in [-0.3, -0.25) is 10.2 Å². The lowest BCUT2D eigenvalue weighted by Crippen LogP contribution is -2.28. The number of hydrogen-bond acceptors (Lipinski definition) is 3. The maximum atomic E-state index is 11.5. The summed E-state index contributed by atoms with van der Waals surface area (Å²) in [7, 11) is 0. The van der Waals surface area contributed by atoms with Crippen LogP contribution in [0.5, 0.6) is 0 Å². The van der Waals surface area contributed by atoms with Crippen LogP contribution in [-0.2, 0) is 4.79 Å². The van der Waals surface area contributed by atoms with Crippen LogP contribution in [0.3, 0.4) is 0 Å². The van der Waals surface area contributed by atoms with Gasteiger partial charge in [-0.15, -0.1) is 0 Å². The number of hydrogen-bond donors (Lipinski definition) is 3. The summed E-state index contributed by atoms with van der Waals surface area (Å²) < 4.78 is 0. The molecule has 0 fully saturated rings. The van der Waals surface area contributed by atoms with Crippen LogP contribution in [-0.4, -0.2) is 23.3 Å². The SMILES string of the molecule is CCCCCCCCNC(=O)C/C(C)=N\NC(N)=S. The number of unbranched alkanes of at least 4 members (excludes halogenated alkanes) is 5. The molecule has 19 heavy (non-hydrogen) atoms. The first kappa shape index (κ1) is 17.8. The van der Waals surface area contributed by atoms with E-state index in [9.17, 15) is 4.79 Å².